The van der Waals surface area contributed by atoms with Gasteiger partial charge in [0.15, 0.2) is 17.0 Å². The van der Waals surface area contributed by atoms with Gasteiger partial charge in [0.1, 0.15) is 0 Å². The summed E-state index contributed by atoms with van der Waals surface area (Å²) in [6.45, 7) is 3.50. The van der Waals surface area contributed by atoms with E-state index in [-0.39, 0.29) is 17.8 Å². The summed E-state index contributed by atoms with van der Waals surface area (Å²) in [6.07, 6.45) is 2.01. The van der Waals surface area contributed by atoms with Crippen LogP contribution in [-0.2, 0) is 4.74 Å². The zero-order valence-corrected chi connectivity index (χ0v) is 17.3. The maximum Gasteiger partial charge on any atom is 0.411 e. The van der Waals surface area contributed by atoms with Gasteiger partial charge in [-0.3, -0.25) is 10.1 Å². The van der Waals surface area contributed by atoms with Crippen molar-refractivity contribution >= 4 is 46.2 Å². The van der Waals surface area contributed by atoms with Gasteiger partial charge in [0.25, 0.3) is 5.91 Å². The molecule has 0 aliphatic rings. The van der Waals surface area contributed by atoms with E-state index < -0.39 is 12.0 Å². The third-order valence-electron chi connectivity index (χ3n) is 4.04. The molecule has 0 saturated heterocycles. The first-order chi connectivity index (χ1) is 14.9. The van der Waals surface area contributed by atoms with Crippen molar-refractivity contribution in [3.63, 3.8) is 0 Å². The second kappa shape index (κ2) is 8.49. The van der Waals surface area contributed by atoms with Gasteiger partial charge in [-0.15, -0.1) is 0 Å². The van der Waals surface area contributed by atoms with E-state index in [4.69, 9.17) is 25.2 Å². The van der Waals surface area contributed by atoms with Crippen LogP contribution in [0.3, 0.4) is 0 Å². The Hall–Kier alpha value is -3.85. The first-order valence-corrected chi connectivity index (χ1v) is 9.66. The molecule has 10 heteroatoms. The lowest BCUT2D eigenvalue weighted by atomic mass is 10.2. The number of nitrogens with one attached hydrogen (secondary N) is 2. The number of anilines is 2. The summed E-state index contributed by atoms with van der Waals surface area (Å²) in [6, 6.07) is 9.66. The molecule has 0 fully saturated rings. The van der Waals surface area contributed by atoms with Gasteiger partial charge in [-0.1, -0.05) is 11.6 Å². The predicted molar refractivity (Wildman–Crippen MR) is 114 cm³/mol. The Morgan fingerprint density at radius 1 is 1.13 bits per heavy atom. The molecule has 0 unspecified atom stereocenters. The smallest absolute Gasteiger partial charge is 0.411 e. The third kappa shape index (κ3) is 4.67. The first kappa shape index (κ1) is 20.4. The van der Waals surface area contributed by atoms with Crippen molar-refractivity contribution in [1.82, 2.24) is 9.97 Å². The van der Waals surface area contributed by atoms with Crippen LogP contribution in [0.4, 0.5) is 16.2 Å². The molecule has 4 rings (SSSR count). The van der Waals surface area contributed by atoms with Gasteiger partial charge in [0.2, 0.25) is 5.89 Å². The number of furan rings is 1. The van der Waals surface area contributed by atoms with Crippen molar-refractivity contribution < 1.29 is 23.2 Å². The Bertz CT molecular complexity index is 1250. The average Bonchev–Trinajstić information content (AvgIpc) is 3.38. The Labute approximate surface area is 181 Å². The van der Waals surface area contributed by atoms with E-state index in [2.05, 4.69) is 20.6 Å². The number of nitrogens with zero attached hydrogens (tertiary/aromatic N) is 2. The van der Waals surface area contributed by atoms with Crippen molar-refractivity contribution in [3.05, 3.63) is 59.6 Å². The molecule has 0 saturated carbocycles. The second-order valence-electron chi connectivity index (χ2n) is 6.77. The minimum atomic E-state index is -0.598. The molecule has 2 N–H and O–H groups in total. The summed E-state index contributed by atoms with van der Waals surface area (Å²) in [5.74, 6) is -0.0106. The maximum absolute atomic E-state index is 12.2. The summed E-state index contributed by atoms with van der Waals surface area (Å²) in [5, 5.41) is 5.68. The zero-order chi connectivity index (χ0) is 22.0. The molecule has 3 heterocycles. The van der Waals surface area contributed by atoms with E-state index in [9.17, 15) is 9.59 Å². The largest absolute Gasteiger partial charge is 0.459 e. The van der Waals surface area contributed by atoms with Crippen LogP contribution < -0.4 is 10.6 Å². The summed E-state index contributed by atoms with van der Waals surface area (Å²) in [5.41, 5.74) is 2.02. The maximum atomic E-state index is 12.2. The fourth-order valence-electron chi connectivity index (χ4n) is 2.73. The van der Waals surface area contributed by atoms with E-state index in [1.54, 1.807) is 50.2 Å². The number of benzene rings is 1. The molecule has 31 heavy (non-hydrogen) atoms. The number of halogens is 1. The molecule has 2 amide bonds. The SMILES string of the molecule is CC(C)OC(=O)Nc1cnc2nc(-c3cc(NC(=O)c4ccco4)ccc3Cl)oc2c1. The van der Waals surface area contributed by atoms with Crippen LogP contribution in [0.25, 0.3) is 22.7 Å². The molecule has 0 spiro atoms. The number of pyridine rings is 1. The summed E-state index contributed by atoms with van der Waals surface area (Å²) >= 11 is 6.32. The molecule has 158 valence electrons. The Balaban J connectivity index is 1.59. The Kier molecular flexibility index (Phi) is 5.59. The van der Waals surface area contributed by atoms with Gasteiger partial charge in [-0.2, -0.15) is 4.98 Å². The molecule has 0 aliphatic heterocycles. The van der Waals surface area contributed by atoms with E-state index in [1.165, 1.54) is 12.5 Å². The summed E-state index contributed by atoms with van der Waals surface area (Å²) < 4.78 is 15.9. The van der Waals surface area contributed by atoms with Crippen molar-refractivity contribution in [1.29, 1.82) is 0 Å². The number of carbonyl (C=O) groups excluding carboxylic acids is 2. The van der Waals surface area contributed by atoms with Gasteiger partial charge < -0.3 is 18.9 Å². The van der Waals surface area contributed by atoms with Crippen LogP contribution in [0, 0.1) is 0 Å². The van der Waals surface area contributed by atoms with Crippen LogP contribution in [0.2, 0.25) is 5.02 Å². The molecule has 0 bridgehead atoms. The van der Waals surface area contributed by atoms with E-state index >= 15 is 0 Å². The van der Waals surface area contributed by atoms with Crippen LogP contribution in [0.15, 0.2) is 57.7 Å². The van der Waals surface area contributed by atoms with Crippen molar-refractivity contribution in [2.45, 2.75) is 20.0 Å². The highest BCUT2D eigenvalue weighted by Gasteiger charge is 2.16. The van der Waals surface area contributed by atoms with E-state index in [0.29, 0.717) is 33.2 Å². The highest BCUT2D eigenvalue weighted by molar-refractivity contribution is 6.33. The summed E-state index contributed by atoms with van der Waals surface area (Å²) in [4.78, 5) is 32.5. The number of ether oxygens (including phenoxy) is 1. The number of rotatable bonds is 5. The van der Waals surface area contributed by atoms with Crippen molar-refractivity contribution in [3.8, 4) is 11.5 Å². The third-order valence-corrected chi connectivity index (χ3v) is 4.37. The van der Waals surface area contributed by atoms with Crippen LogP contribution in [-0.4, -0.2) is 28.1 Å². The number of hydrogen-bond acceptors (Lipinski definition) is 7. The highest BCUT2D eigenvalue weighted by Crippen LogP contribution is 2.32. The molecule has 3 aromatic heterocycles. The molecule has 9 nitrogen and oxygen atoms in total. The number of fused-ring (bicyclic) bond motifs is 1. The fourth-order valence-corrected chi connectivity index (χ4v) is 2.93. The Morgan fingerprint density at radius 3 is 2.71 bits per heavy atom. The number of hydrogen-bond donors (Lipinski definition) is 2. The number of aromatic nitrogens is 2. The molecular weight excluding hydrogens is 424 g/mol. The van der Waals surface area contributed by atoms with E-state index in [1.807, 2.05) is 0 Å². The zero-order valence-electron chi connectivity index (χ0n) is 16.5. The quantitative estimate of drug-likeness (QED) is 0.429. The van der Waals surface area contributed by atoms with Gasteiger partial charge in [-0.05, 0) is 44.2 Å². The number of amides is 2. The highest BCUT2D eigenvalue weighted by atomic mass is 35.5. The molecule has 1 aromatic carbocycles. The van der Waals surface area contributed by atoms with Crippen LogP contribution >= 0.6 is 11.6 Å². The molecule has 4 aromatic rings. The monoisotopic (exact) mass is 440 g/mol. The lowest BCUT2D eigenvalue weighted by molar-refractivity contribution is 0.0996. The summed E-state index contributed by atoms with van der Waals surface area (Å²) in [7, 11) is 0. The second-order valence-corrected chi connectivity index (χ2v) is 7.18. The van der Waals surface area contributed by atoms with Gasteiger partial charge in [-0.25, -0.2) is 9.78 Å². The molecule has 0 aliphatic carbocycles. The average molecular weight is 441 g/mol. The predicted octanol–water partition coefficient (Wildman–Crippen LogP) is 5.35. The van der Waals surface area contributed by atoms with Crippen molar-refractivity contribution in [2.75, 3.05) is 10.6 Å². The molecule has 0 atom stereocenters. The topological polar surface area (TPSA) is 119 Å². The minimum Gasteiger partial charge on any atom is -0.459 e. The first-order valence-electron chi connectivity index (χ1n) is 9.28. The Morgan fingerprint density at radius 2 is 1.97 bits per heavy atom. The molecule has 0 radical (unpaired) electrons. The van der Waals surface area contributed by atoms with Gasteiger partial charge in [0, 0.05) is 11.8 Å². The van der Waals surface area contributed by atoms with Crippen LogP contribution in [0.5, 0.6) is 0 Å². The minimum absolute atomic E-state index is 0.179. The lowest BCUT2D eigenvalue weighted by Gasteiger charge is -2.08. The standard InChI is InChI=1S/C21H17ClN4O5/c1-11(2)30-21(28)25-13-9-17-18(23-10-13)26-20(31-17)14-8-12(5-6-15(14)22)24-19(27)16-4-3-7-29-16/h3-11H,1-2H3,(H,24,27)(H,25,28). The molecular formula is C21H17ClN4O5. The number of carbonyl (C=O) groups is 2. The van der Waals surface area contributed by atoms with Gasteiger partial charge >= 0.3 is 6.09 Å². The van der Waals surface area contributed by atoms with E-state index in [0.717, 1.165) is 0 Å². The normalized spacial score (nSPS) is 11.0. The van der Waals surface area contributed by atoms with Gasteiger partial charge in [0.05, 0.1) is 34.8 Å². The number of oxazole rings is 1. The fraction of sp³-hybridized carbons (Fsp3) is 0.143. The van der Waals surface area contributed by atoms with Crippen LogP contribution in [0.1, 0.15) is 24.4 Å². The van der Waals surface area contributed by atoms with Crippen molar-refractivity contribution in [2.24, 2.45) is 0 Å². The lowest BCUT2D eigenvalue weighted by Crippen LogP contribution is -2.17.